The summed E-state index contributed by atoms with van der Waals surface area (Å²) in [6, 6.07) is 0. The van der Waals surface area contributed by atoms with Crippen LogP contribution < -0.4 is 0 Å². The highest BCUT2D eigenvalue weighted by Gasteiger charge is 2.53. The molecule has 13 heavy (non-hydrogen) atoms. The minimum Gasteiger partial charge on any atom is -0.396 e. The molecule has 0 atom stereocenters. The Morgan fingerprint density at radius 1 is 1.15 bits per heavy atom. The first-order valence-corrected chi connectivity index (χ1v) is 4.65. The molecule has 4 nitrogen and oxygen atoms in total. The maximum Gasteiger partial charge on any atom is 0.285 e. The molecule has 4 heteroatoms. The SMILES string of the molecule is CC(C)C12OCC(CO)(CO1)CO2. The Hall–Kier alpha value is -0.160. The Morgan fingerprint density at radius 3 is 1.92 bits per heavy atom. The number of ether oxygens (including phenoxy) is 3. The van der Waals surface area contributed by atoms with Gasteiger partial charge in [-0.25, -0.2) is 0 Å². The van der Waals surface area contributed by atoms with Crippen LogP contribution in [0.25, 0.3) is 0 Å². The second kappa shape index (κ2) is 2.92. The summed E-state index contributed by atoms with van der Waals surface area (Å²) < 4.78 is 16.5. The molecule has 3 aliphatic heterocycles. The molecule has 1 N–H and O–H groups in total. The number of fused-ring (bicyclic) bond motifs is 3. The van der Waals surface area contributed by atoms with E-state index in [2.05, 4.69) is 0 Å². The third-order valence-corrected chi connectivity index (χ3v) is 2.78. The van der Waals surface area contributed by atoms with E-state index < -0.39 is 5.97 Å². The van der Waals surface area contributed by atoms with Crippen molar-refractivity contribution in [3.8, 4) is 0 Å². The van der Waals surface area contributed by atoms with E-state index in [4.69, 9.17) is 19.3 Å². The molecule has 0 spiro atoms. The zero-order valence-electron chi connectivity index (χ0n) is 8.08. The summed E-state index contributed by atoms with van der Waals surface area (Å²) in [6.45, 7) is 5.64. The van der Waals surface area contributed by atoms with E-state index in [1.165, 1.54) is 0 Å². The molecule has 3 fully saturated rings. The first kappa shape index (κ1) is 9.40. The minimum absolute atomic E-state index is 0.0567. The van der Waals surface area contributed by atoms with Crippen molar-refractivity contribution in [1.29, 1.82) is 0 Å². The quantitative estimate of drug-likeness (QED) is 0.679. The molecular formula is C9H16O4. The van der Waals surface area contributed by atoms with Gasteiger partial charge in [-0.3, -0.25) is 0 Å². The minimum atomic E-state index is -0.850. The molecule has 3 heterocycles. The number of aliphatic hydroxyl groups is 1. The Balaban J connectivity index is 2.11. The van der Waals surface area contributed by atoms with Gasteiger partial charge in [0.05, 0.1) is 31.8 Å². The fraction of sp³-hybridized carbons (Fsp3) is 1.00. The van der Waals surface area contributed by atoms with Crippen LogP contribution in [0.3, 0.4) is 0 Å². The fourth-order valence-electron chi connectivity index (χ4n) is 1.65. The first-order chi connectivity index (χ1) is 6.13. The van der Waals surface area contributed by atoms with Gasteiger partial charge >= 0.3 is 0 Å². The molecule has 3 saturated heterocycles. The van der Waals surface area contributed by atoms with E-state index in [0.29, 0.717) is 19.8 Å². The number of rotatable bonds is 2. The zero-order valence-corrected chi connectivity index (χ0v) is 8.08. The van der Waals surface area contributed by atoms with Crippen molar-refractivity contribution in [2.24, 2.45) is 11.3 Å². The van der Waals surface area contributed by atoms with Gasteiger partial charge in [0.1, 0.15) is 0 Å². The van der Waals surface area contributed by atoms with Gasteiger partial charge in [-0.2, -0.15) is 0 Å². The van der Waals surface area contributed by atoms with Crippen LogP contribution in [0.1, 0.15) is 13.8 Å². The predicted molar refractivity (Wildman–Crippen MR) is 44.9 cm³/mol. The monoisotopic (exact) mass is 188 g/mol. The van der Waals surface area contributed by atoms with Crippen molar-refractivity contribution >= 4 is 0 Å². The lowest BCUT2D eigenvalue weighted by molar-refractivity contribution is -0.484. The molecule has 2 bridgehead atoms. The highest BCUT2D eigenvalue weighted by molar-refractivity contribution is 4.88. The molecule has 0 aromatic rings. The summed E-state index contributed by atoms with van der Waals surface area (Å²) in [5.74, 6) is -0.679. The van der Waals surface area contributed by atoms with Gasteiger partial charge in [0.25, 0.3) is 5.97 Å². The molecule has 0 amide bonds. The molecule has 0 unspecified atom stereocenters. The average molecular weight is 188 g/mol. The smallest absolute Gasteiger partial charge is 0.285 e. The van der Waals surface area contributed by atoms with Crippen LogP contribution in [0.2, 0.25) is 0 Å². The Morgan fingerprint density at radius 2 is 1.62 bits per heavy atom. The summed E-state index contributed by atoms with van der Waals surface area (Å²) in [7, 11) is 0. The highest BCUT2D eigenvalue weighted by atomic mass is 16.9. The largest absolute Gasteiger partial charge is 0.396 e. The molecule has 0 aromatic heterocycles. The molecule has 3 aliphatic rings. The third-order valence-electron chi connectivity index (χ3n) is 2.78. The van der Waals surface area contributed by atoms with Crippen molar-refractivity contribution in [2.75, 3.05) is 26.4 Å². The summed E-state index contributed by atoms with van der Waals surface area (Å²) >= 11 is 0. The second-order valence-corrected chi connectivity index (χ2v) is 4.28. The summed E-state index contributed by atoms with van der Waals surface area (Å²) in [4.78, 5) is 0. The highest BCUT2D eigenvalue weighted by Crippen LogP contribution is 2.41. The summed E-state index contributed by atoms with van der Waals surface area (Å²) in [6.07, 6.45) is 0. The van der Waals surface area contributed by atoms with Gasteiger partial charge in [-0.15, -0.1) is 0 Å². The van der Waals surface area contributed by atoms with Crippen LogP contribution in [0.4, 0.5) is 0 Å². The van der Waals surface area contributed by atoms with Crippen molar-refractivity contribution < 1.29 is 19.3 Å². The number of aliphatic hydroxyl groups excluding tert-OH is 1. The van der Waals surface area contributed by atoms with Crippen molar-refractivity contribution in [3.05, 3.63) is 0 Å². The molecule has 0 saturated carbocycles. The maximum absolute atomic E-state index is 9.15. The standard InChI is InChI=1S/C9H16O4/c1-7(2)9-11-4-8(3-10,5-12-9)6-13-9/h7,10H,3-6H2,1-2H3. The summed E-state index contributed by atoms with van der Waals surface area (Å²) in [5.41, 5.74) is -0.323. The maximum atomic E-state index is 9.15. The Kier molecular flexibility index (Phi) is 2.11. The van der Waals surface area contributed by atoms with E-state index in [1.807, 2.05) is 13.8 Å². The number of hydrogen-bond donors (Lipinski definition) is 1. The molecule has 76 valence electrons. The van der Waals surface area contributed by atoms with E-state index in [1.54, 1.807) is 0 Å². The average Bonchev–Trinajstić information content (AvgIpc) is 2.20. The van der Waals surface area contributed by atoms with Crippen LogP contribution in [0.5, 0.6) is 0 Å². The van der Waals surface area contributed by atoms with Gasteiger partial charge in [-0.05, 0) is 0 Å². The van der Waals surface area contributed by atoms with E-state index in [-0.39, 0.29) is 17.9 Å². The van der Waals surface area contributed by atoms with Crippen LogP contribution >= 0.6 is 0 Å². The molecule has 3 rings (SSSR count). The van der Waals surface area contributed by atoms with Crippen LogP contribution in [0.15, 0.2) is 0 Å². The first-order valence-electron chi connectivity index (χ1n) is 4.65. The third kappa shape index (κ3) is 1.29. The van der Waals surface area contributed by atoms with Gasteiger partial charge in [-0.1, -0.05) is 13.8 Å². The number of hydrogen-bond acceptors (Lipinski definition) is 4. The Labute approximate surface area is 77.8 Å². The van der Waals surface area contributed by atoms with Crippen LogP contribution in [0, 0.1) is 11.3 Å². The lowest BCUT2D eigenvalue weighted by atomic mass is 9.89. The molecule has 0 radical (unpaired) electrons. The van der Waals surface area contributed by atoms with Crippen LogP contribution in [-0.2, 0) is 14.2 Å². The molecule has 0 aliphatic carbocycles. The van der Waals surface area contributed by atoms with Gasteiger partial charge in [0.15, 0.2) is 0 Å². The van der Waals surface area contributed by atoms with Crippen molar-refractivity contribution in [2.45, 2.75) is 19.8 Å². The predicted octanol–water partition coefficient (Wildman–Crippen LogP) is 0.352. The summed E-state index contributed by atoms with van der Waals surface area (Å²) in [5, 5.41) is 9.15. The second-order valence-electron chi connectivity index (χ2n) is 4.28. The van der Waals surface area contributed by atoms with E-state index in [0.717, 1.165) is 0 Å². The van der Waals surface area contributed by atoms with Gasteiger partial charge in [0.2, 0.25) is 0 Å². The lowest BCUT2D eigenvalue weighted by Crippen LogP contribution is -2.63. The van der Waals surface area contributed by atoms with E-state index >= 15 is 0 Å². The molecular weight excluding hydrogens is 172 g/mol. The lowest BCUT2D eigenvalue weighted by Gasteiger charge is -2.52. The van der Waals surface area contributed by atoms with E-state index in [9.17, 15) is 0 Å². The van der Waals surface area contributed by atoms with Crippen molar-refractivity contribution in [3.63, 3.8) is 0 Å². The fourth-order valence-corrected chi connectivity index (χ4v) is 1.65. The topological polar surface area (TPSA) is 47.9 Å². The van der Waals surface area contributed by atoms with Gasteiger partial charge in [0, 0.05) is 5.92 Å². The zero-order chi connectivity index (χ0) is 9.53. The molecule has 0 aromatic carbocycles. The Bertz CT molecular complexity index is 177. The normalized spacial score (nSPS) is 44.3. The van der Waals surface area contributed by atoms with Gasteiger partial charge < -0.3 is 19.3 Å². The van der Waals surface area contributed by atoms with Crippen LogP contribution in [-0.4, -0.2) is 37.5 Å². The van der Waals surface area contributed by atoms with Crippen molar-refractivity contribution in [1.82, 2.24) is 0 Å².